The van der Waals surface area contributed by atoms with E-state index in [1.807, 2.05) is 0 Å². The van der Waals surface area contributed by atoms with Gasteiger partial charge in [-0.3, -0.25) is 23.9 Å². The van der Waals surface area contributed by atoms with Crippen LogP contribution in [0.2, 0.25) is 0 Å². The summed E-state index contributed by atoms with van der Waals surface area (Å²) >= 11 is 1.02. The van der Waals surface area contributed by atoms with Gasteiger partial charge in [-0.15, -0.1) is 0 Å². The Morgan fingerprint density at radius 1 is 1.11 bits per heavy atom. The molecule has 2 heterocycles. The predicted octanol–water partition coefficient (Wildman–Crippen LogP) is 2.77. The van der Waals surface area contributed by atoms with Crippen molar-refractivity contribution in [2.75, 3.05) is 12.3 Å². The molecule has 4 rings (SSSR count). The van der Waals surface area contributed by atoms with Gasteiger partial charge in [-0.2, -0.15) is 0 Å². The Labute approximate surface area is 164 Å². The zero-order valence-corrected chi connectivity index (χ0v) is 15.6. The molecule has 0 bridgehead atoms. The van der Waals surface area contributed by atoms with Crippen LogP contribution in [0.25, 0.3) is 16.6 Å². The number of hydrogen-bond acceptors (Lipinski definition) is 5. The van der Waals surface area contributed by atoms with Crippen LogP contribution in [0.5, 0.6) is 0 Å². The summed E-state index contributed by atoms with van der Waals surface area (Å²) in [6.45, 7) is 0.406. The molecule has 2 aromatic carbocycles. The lowest BCUT2D eigenvalue weighted by atomic mass is 10.2. The first kappa shape index (κ1) is 18.4. The molecular weight excluding hydrogens is 381 g/mol. The van der Waals surface area contributed by atoms with Crippen LogP contribution in [-0.2, 0) is 9.59 Å². The van der Waals surface area contributed by atoms with Crippen molar-refractivity contribution in [3.63, 3.8) is 0 Å². The van der Waals surface area contributed by atoms with Crippen LogP contribution in [0.3, 0.4) is 0 Å². The van der Waals surface area contributed by atoms with Crippen LogP contribution >= 0.6 is 11.8 Å². The molecule has 0 saturated carbocycles. The van der Waals surface area contributed by atoms with Gasteiger partial charge in [0.15, 0.2) is 5.16 Å². The zero-order chi connectivity index (χ0) is 19.7. The summed E-state index contributed by atoms with van der Waals surface area (Å²) in [5.74, 6) is -1.16. The third-order valence-corrected chi connectivity index (χ3v) is 5.46. The van der Waals surface area contributed by atoms with Crippen LogP contribution in [0, 0.1) is 5.82 Å². The van der Waals surface area contributed by atoms with Gasteiger partial charge in [-0.05, 0) is 30.7 Å². The van der Waals surface area contributed by atoms with Crippen LogP contribution < -0.4 is 5.56 Å². The number of carbonyl (C=O) groups is 2. The standard InChI is InChI=1S/C20H16FN3O3S/c21-14-7-2-4-9-16(14)24-19(27)13-6-1-3-8-15(13)22-20(24)28-12-18(26)23-11-5-10-17(23)25/h1-4,6-9H,5,10-12H2. The molecule has 1 saturated heterocycles. The van der Waals surface area contributed by atoms with E-state index in [0.717, 1.165) is 11.8 Å². The number of carbonyl (C=O) groups excluding carboxylic acids is 2. The molecule has 1 fully saturated rings. The number of nitrogens with zero attached hydrogens (tertiary/aromatic N) is 3. The number of halogens is 1. The molecule has 8 heteroatoms. The fourth-order valence-electron chi connectivity index (χ4n) is 3.17. The second-order valence-corrected chi connectivity index (χ2v) is 7.28. The minimum atomic E-state index is -0.565. The summed E-state index contributed by atoms with van der Waals surface area (Å²) in [5, 5.41) is 0.560. The number of para-hydroxylation sites is 2. The molecule has 0 N–H and O–H groups in total. The maximum Gasteiger partial charge on any atom is 0.266 e. The number of fused-ring (bicyclic) bond motifs is 1. The minimum absolute atomic E-state index is 0.0645. The first-order chi connectivity index (χ1) is 13.6. The molecule has 1 aliphatic rings. The van der Waals surface area contributed by atoms with Crippen molar-refractivity contribution in [1.82, 2.24) is 14.5 Å². The Kier molecular flexibility index (Phi) is 4.95. The Hall–Kier alpha value is -3.00. The van der Waals surface area contributed by atoms with E-state index in [2.05, 4.69) is 4.98 Å². The Balaban J connectivity index is 1.77. The molecule has 0 radical (unpaired) electrons. The molecule has 2 amide bonds. The Morgan fingerprint density at radius 3 is 2.61 bits per heavy atom. The second kappa shape index (κ2) is 7.55. The molecule has 1 aromatic heterocycles. The number of amides is 2. The van der Waals surface area contributed by atoms with Gasteiger partial charge in [0, 0.05) is 13.0 Å². The molecule has 1 aliphatic heterocycles. The molecule has 6 nitrogen and oxygen atoms in total. The average Bonchev–Trinajstić information content (AvgIpc) is 3.13. The molecule has 0 aliphatic carbocycles. The number of thioether (sulfide) groups is 1. The molecule has 142 valence electrons. The number of rotatable bonds is 4. The summed E-state index contributed by atoms with van der Waals surface area (Å²) in [6, 6.07) is 12.7. The highest BCUT2D eigenvalue weighted by Crippen LogP contribution is 2.23. The van der Waals surface area contributed by atoms with Gasteiger partial charge in [0.05, 0.1) is 22.3 Å². The van der Waals surface area contributed by atoms with Crippen LogP contribution in [-0.4, -0.2) is 38.6 Å². The summed E-state index contributed by atoms with van der Waals surface area (Å²) in [6.07, 6.45) is 1.02. The van der Waals surface area contributed by atoms with E-state index in [-0.39, 0.29) is 28.4 Å². The van der Waals surface area contributed by atoms with Crippen LogP contribution in [0.15, 0.2) is 58.5 Å². The van der Waals surface area contributed by atoms with Crippen molar-refractivity contribution >= 4 is 34.5 Å². The maximum absolute atomic E-state index is 14.4. The lowest BCUT2D eigenvalue weighted by Crippen LogP contribution is -2.33. The Bertz CT molecular complexity index is 1140. The fourth-order valence-corrected chi connectivity index (χ4v) is 4.05. The highest BCUT2D eigenvalue weighted by atomic mass is 32.2. The molecule has 3 aromatic rings. The smallest absolute Gasteiger partial charge is 0.266 e. The number of imide groups is 1. The number of benzene rings is 2. The zero-order valence-electron chi connectivity index (χ0n) is 14.8. The first-order valence-corrected chi connectivity index (χ1v) is 9.77. The van der Waals surface area contributed by atoms with E-state index in [4.69, 9.17) is 0 Å². The third kappa shape index (κ3) is 3.31. The van der Waals surface area contributed by atoms with Gasteiger partial charge < -0.3 is 0 Å². The number of hydrogen-bond donors (Lipinski definition) is 0. The summed E-state index contributed by atoms with van der Waals surface area (Å²) in [7, 11) is 0. The third-order valence-electron chi connectivity index (χ3n) is 4.54. The van der Waals surface area contributed by atoms with E-state index in [9.17, 15) is 18.8 Å². The summed E-state index contributed by atoms with van der Waals surface area (Å²) < 4.78 is 15.6. The van der Waals surface area contributed by atoms with Crippen molar-refractivity contribution in [2.45, 2.75) is 18.0 Å². The van der Waals surface area contributed by atoms with Crippen molar-refractivity contribution < 1.29 is 14.0 Å². The molecular formula is C20H16FN3O3S. The highest BCUT2D eigenvalue weighted by Gasteiger charge is 2.27. The van der Waals surface area contributed by atoms with Crippen molar-refractivity contribution in [2.24, 2.45) is 0 Å². The highest BCUT2D eigenvalue weighted by molar-refractivity contribution is 7.99. The predicted molar refractivity (Wildman–Crippen MR) is 104 cm³/mol. The number of aromatic nitrogens is 2. The van der Waals surface area contributed by atoms with E-state index in [1.54, 1.807) is 30.3 Å². The normalized spacial score (nSPS) is 14.0. The van der Waals surface area contributed by atoms with E-state index in [0.29, 0.717) is 30.3 Å². The summed E-state index contributed by atoms with van der Waals surface area (Å²) in [5.41, 5.74) is 0.119. The van der Waals surface area contributed by atoms with E-state index in [1.165, 1.54) is 27.7 Å². The van der Waals surface area contributed by atoms with Crippen LogP contribution in [0.1, 0.15) is 12.8 Å². The first-order valence-electron chi connectivity index (χ1n) is 8.79. The van der Waals surface area contributed by atoms with Crippen molar-refractivity contribution in [3.8, 4) is 5.69 Å². The van der Waals surface area contributed by atoms with Gasteiger partial charge in [0.25, 0.3) is 5.56 Å². The molecule has 28 heavy (non-hydrogen) atoms. The second-order valence-electron chi connectivity index (χ2n) is 6.33. The SMILES string of the molecule is O=C1CCCN1C(=O)CSc1nc2ccccc2c(=O)n1-c1ccccc1F. The van der Waals surface area contributed by atoms with Crippen molar-refractivity contribution in [1.29, 1.82) is 0 Å². The Morgan fingerprint density at radius 2 is 1.86 bits per heavy atom. The minimum Gasteiger partial charge on any atom is -0.282 e. The lowest BCUT2D eigenvalue weighted by molar-refractivity contribution is -0.140. The molecule has 0 unspecified atom stereocenters. The maximum atomic E-state index is 14.4. The van der Waals surface area contributed by atoms with Crippen LogP contribution in [0.4, 0.5) is 4.39 Å². The topological polar surface area (TPSA) is 72.3 Å². The van der Waals surface area contributed by atoms with Gasteiger partial charge >= 0.3 is 0 Å². The monoisotopic (exact) mass is 397 g/mol. The molecule has 0 spiro atoms. The number of likely N-dealkylation sites (tertiary alicyclic amines) is 1. The summed E-state index contributed by atoms with van der Waals surface area (Å²) in [4.78, 5) is 42.9. The van der Waals surface area contributed by atoms with Gasteiger partial charge in [-0.25, -0.2) is 9.37 Å². The molecule has 0 atom stereocenters. The quantitative estimate of drug-likeness (QED) is 0.500. The van der Waals surface area contributed by atoms with E-state index >= 15 is 0 Å². The van der Waals surface area contributed by atoms with Gasteiger partial charge in [0.1, 0.15) is 5.82 Å². The largest absolute Gasteiger partial charge is 0.282 e. The lowest BCUT2D eigenvalue weighted by Gasteiger charge is -2.16. The average molecular weight is 397 g/mol. The van der Waals surface area contributed by atoms with Gasteiger partial charge in [-0.1, -0.05) is 36.0 Å². The fraction of sp³-hybridized carbons (Fsp3) is 0.200. The van der Waals surface area contributed by atoms with Gasteiger partial charge in [0.2, 0.25) is 11.8 Å². The van der Waals surface area contributed by atoms with E-state index < -0.39 is 11.4 Å². The van der Waals surface area contributed by atoms with Crippen molar-refractivity contribution in [3.05, 3.63) is 64.7 Å².